The van der Waals surface area contributed by atoms with E-state index < -0.39 is 12.1 Å². The van der Waals surface area contributed by atoms with Crippen LogP contribution in [0.4, 0.5) is 0 Å². The topological polar surface area (TPSA) is 124 Å². The van der Waals surface area contributed by atoms with E-state index in [4.69, 9.17) is 24.7 Å². The van der Waals surface area contributed by atoms with Gasteiger partial charge in [0, 0.05) is 35.9 Å². The fraction of sp³-hybridized carbons (Fsp3) is 0.333. The highest BCUT2D eigenvalue weighted by atomic mass is 16.5. The second-order valence-electron chi connectivity index (χ2n) is 6.99. The number of hydrogen-bond acceptors (Lipinski definition) is 9. The second-order valence-corrected chi connectivity index (χ2v) is 6.99. The average molecular weight is 409 g/mol. The van der Waals surface area contributed by atoms with Crippen molar-refractivity contribution >= 4 is 0 Å². The molecule has 2 aromatic rings. The summed E-state index contributed by atoms with van der Waals surface area (Å²) < 4.78 is 22.4. The maximum Gasteiger partial charge on any atom is 0.200 e. The van der Waals surface area contributed by atoms with E-state index in [1.807, 2.05) is 18.2 Å². The van der Waals surface area contributed by atoms with Crippen molar-refractivity contribution in [3.05, 3.63) is 59.2 Å². The summed E-state index contributed by atoms with van der Waals surface area (Å²) >= 11 is 0. The molecule has 0 radical (unpaired) electrons. The standard InChI is InChI=1S/C21H23N5O4/c1-27-14-8-16(29-3)15(28-2)7-12(14)17-13(9-22)20(23)30-21-18(17)19(25-26-21)11-5-4-6-24-10-11/h4-8,10,17-19,21,25-26H,23H2,1-3H3. The number of ether oxygens (including phenoxy) is 4. The molecule has 1 aromatic carbocycles. The van der Waals surface area contributed by atoms with Crippen LogP contribution in [0.25, 0.3) is 0 Å². The predicted molar refractivity (Wildman–Crippen MR) is 107 cm³/mol. The third-order valence-electron chi connectivity index (χ3n) is 5.57. The molecule has 0 saturated carbocycles. The van der Waals surface area contributed by atoms with Crippen molar-refractivity contribution in [3.8, 4) is 23.3 Å². The van der Waals surface area contributed by atoms with Crippen molar-refractivity contribution in [2.24, 2.45) is 11.7 Å². The summed E-state index contributed by atoms with van der Waals surface area (Å²) in [4.78, 5) is 4.23. The van der Waals surface area contributed by atoms with Gasteiger partial charge in [-0.25, -0.2) is 10.9 Å². The molecule has 4 unspecified atom stereocenters. The smallest absolute Gasteiger partial charge is 0.200 e. The van der Waals surface area contributed by atoms with Crippen molar-refractivity contribution in [3.63, 3.8) is 0 Å². The third-order valence-corrected chi connectivity index (χ3v) is 5.57. The lowest BCUT2D eigenvalue weighted by molar-refractivity contribution is 0.0337. The molecule has 9 nitrogen and oxygen atoms in total. The second kappa shape index (κ2) is 8.10. The Labute approximate surface area is 174 Å². The van der Waals surface area contributed by atoms with Crippen LogP contribution < -0.4 is 30.8 Å². The Kier molecular flexibility index (Phi) is 5.35. The highest BCUT2D eigenvalue weighted by Crippen LogP contribution is 2.51. The molecule has 1 saturated heterocycles. The number of benzene rings is 1. The maximum absolute atomic E-state index is 9.94. The Bertz CT molecular complexity index is 1000. The molecular formula is C21H23N5O4. The molecule has 4 atom stereocenters. The maximum atomic E-state index is 9.94. The largest absolute Gasteiger partial charge is 0.496 e. The number of hydrogen-bond donors (Lipinski definition) is 3. The van der Waals surface area contributed by atoms with Gasteiger partial charge in [0.15, 0.2) is 17.7 Å². The van der Waals surface area contributed by atoms with Crippen LogP contribution in [0.5, 0.6) is 17.2 Å². The summed E-state index contributed by atoms with van der Waals surface area (Å²) in [6.45, 7) is 0. The summed E-state index contributed by atoms with van der Waals surface area (Å²) in [6, 6.07) is 9.48. The number of nitrogens with two attached hydrogens (primary N) is 1. The monoisotopic (exact) mass is 409 g/mol. The number of nitrogens with zero attached hydrogens (tertiary/aromatic N) is 2. The number of fused-ring (bicyclic) bond motifs is 1. The van der Waals surface area contributed by atoms with Crippen molar-refractivity contribution in [1.29, 1.82) is 5.26 Å². The molecule has 4 N–H and O–H groups in total. The number of nitriles is 1. The molecule has 1 fully saturated rings. The lowest BCUT2D eigenvalue weighted by atomic mass is 9.74. The fourth-order valence-electron chi connectivity index (χ4n) is 4.21. The van der Waals surface area contributed by atoms with Crippen molar-refractivity contribution < 1.29 is 18.9 Å². The van der Waals surface area contributed by atoms with Crippen molar-refractivity contribution in [2.45, 2.75) is 18.2 Å². The van der Waals surface area contributed by atoms with E-state index in [1.54, 1.807) is 39.8 Å². The zero-order valence-corrected chi connectivity index (χ0v) is 16.9. The Hall–Kier alpha value is -3.48. The Morgan fingerprint density at radius 3 is 2.47 bits per heavy atom. The first-order valence-corrected chi connectivity index (χ1v) is 9.40. The number of hydrazine groups is 1. The molecule has 0 spiro atoms. The molecule has 4 rings (SSSR count). The zero-order valence-electron chi connectivity index (χ0n) is 16.9. The minimum Gasteiger partial charge on any atom is -0.496 e. The number of methoxy groups -OCH3 is 3. The molecule has 156 valence electrons. The molecule has 0 aliphatic carbocycles. The number of rotatable bonds is 5. The summed E-state index contributed by atoms with van der Waals surface area (Å²) in [7, 11) is 4.70. The summed E-state index contributed by atoms with van der Waals surface area (Å²) in [6.07, 6.45) is 3.06. The van der Waals surface area contributed by atoms with Crippen LogP contribution in [-0.2, 0) is 4.74 Å². The van der Waals surface area contributed by atoms with E-state index in [2.05, 4.69) is 21.9 Å². The van der Waals surface area contributed by atoms with Gasteiger partial charge in [0.1, 0.15) is 11.8 Å². The van der Waals surface area contributed by atoms with E-state index >= 15 is 0 Å². The molecule has 2 aliphatic rings. The van der Waals surface area contributed by atoms with E-state index in [-0.39, 0.29) is 17.8 Å². The highest BCUT2D eigenvalue weighted by Gasteiger charge is 2.50. The van der Waals surface area contributed by atoms with Gasteiger partial charge in [-0.15, -0.1) is 0 Å². The van der Waals surface area contributed by atoms with Crippen LogP contribution in [0.15, 0.2) is 48.1 Å². The molecule has 0 bridgehead atoms. The van der Waals surface area contributed by atoms with E-state index in [9.17, 15) is 5.26 Å². The average Bonchev–Trinajstić information content (AvgIpc) is 3.21. The number of allylic oxidation sites excluding steroid dienone is 1. The van der Waals surface area contributed by atoms with Gasteiger partial charge in [-0.1, -0.05) is 6.07 Å². The molecule has 1 aromatic heterocycles. The van der Waals surface area contributed by atoms with Gasteiger partial charge in [0.2, 0.25) is 5.88 Å². The van der Waals surface area contributed by atoms with Gasteiger partial charge in [-0.2, -0.15) is 5.26 Å². The van der Waals surface area contributed by atoms with Crippen LogP contribution in [0.1, 0.15) is 23.1 Å². The lowest BCUT2D eigenvalue weighted by Crippen LogP contribution is -2.41. The summed E-state index contributed by atoms with van der Waals surface area (Å²) in [5, 5.41) is 9.94. The fourth-order valence-corrected chi connectivity index (χ4v) is 4.21. The predicted octanol–water partition coefficient (Wildman–Crippen LogP) is 1.71. The van der Waals surface area contributed by atoms with Crippen LogP contribution in [0.2, 0.25) is 0 Å². The van der Waals surface area contributed by atoms with E-state index in [1.165, 1.54) is 0 Å². The first-order chi connectivity index (χ1) is 14.6. The number of nitrogens with one attached hydrogen (secondary N) is 2. The molecule has 2 aliphatic heterocycles. The van der Waals surface area contributed by atoms with E-state index in [0.717, 1.165) is 11.1 Å². The quantitative estimate of drug-likeness (QED) is 0.677. The Balaban J connectivity index is 1.90. The Morgan fingerprint density at radius 2 is 1.83 bits per heavy atom. The molecular weight excluding hydrogens is 386 g/mol. The minimum atomic E-state index is -0.449. The van der Waals surface area contributed by atoms with Gasteiger partial charge >= 0.3 is 0 Å². The van der Waals surface area contributed by atoms with Crippen LogP contribution in [0.3, 0.4) is 0 Å². The van der Waals surface area contributed by atoms with Crippen molar-refractivity contribution in [1.82, 2.24) is 15.8 Å². The lowest BCUT2D eigenvalue weighted by Gasteiger charge is -2.36. The van der Waals surface area contributed by atoms with Gasteiger partial charge in [-0.3, -0.25) is 4.98 Å². The van der Waals surface area contributed by atoms with Crippen LogP contribution in [0, 0.1) is 17.2 Å². The van der Waals surface area contributed by atoms with Gasteiger partial charge < -0.3 is 24.7 Å². The molecule has 9 heteroatoms. The minimum absolute atomic E-state index is 0.0849. The molecule has 3 heterocycles. The van der Waals surface area contributed by atoms with Crippen LogP contribution >= 0.6 is 0 Å². The van der Waals surface area contributed by atoms with Gasteiger partial charge in [0.05, 0.1) is 32.9 Å². The molecule has 30 heavy (non-hydrogen) atoms. The SMILES string of the molecule is COc1cc(OC)c(C2C(C#N)=C(N)OC3NNC(c4cccnc4)C32)cc1OC. The summed E-state index contributed by atoms with van der Waals surface area (Å²) in [5.41, 5.74) is 14.6. The molecule has 0 amide bonds. The van der Waals surface area contributed by atoms with Crippen LogP contribution in [-0.4, -0.2) is 32.5 Å². The normalized spacial score (nSPS) is 25.1. The highest BCUT2D eigenvalue weighted by molar-refractivity contribution is 5.56. The van der Waals surface area contributed by atoms with Crippen molar-refractivity contribution in [2.75, 3.05) is 21.3 Å². The zero-order chi connectivity index (χ0) is 21.3. The first-order valence-electron chi connectivity index (χ1n) is 9.40. The Morgan fingerprint density at radius 1 is 1.10 bits per heavy atom. The summed E-state index contributed by atoms with van der Waals surface area (Å²) in [5.74, 6) is 1.09. The third kappa shape index (κ3) is 3.16. The van der Waals surface area contributed by atoms with Gasteiger partial charge in [-0.05, 0) is 17.7 Å². The number of pyridine rings is 1. The van der Waals surface area contributed by atoms with Gasteiger partial charge in [0.25, 0.3) is 0 Å². The van der Waals surface area contributed by atoms with E-state index in [0.29, 0.717) is 22.8 Å². The number of aromatic nitrogens is 1. The first kappa shape index (κ1) is 19.8.